The maximum Gasteiger partial charge on any atom is 0.573 e. The molecule has 0 aromatic rings. The van der Waals surface area contributed by atoms with E-state index in [1.807, 2.05) is 0 Å². The van der Waals surface area contributed by atoms with Gasteiger partial charge >= 0.3 is 6.36 Å². The summed E-state index contributed by atoms with van der Waals surface area (Å²) in [5.74, 6) is -0.207. The van der Waals surface area contributed by atoms with Crippen molar-refractivity contribution in [1.29, 1.82) is 0 Å². The monoisotopic (exact) mass is 254 g/mol. The van der Waals surface area contributed by atoms with E-state index >= 15 is 0 Å². The lowest BCUT2D eigenvalue weighted by Gasteiger charge is -2.07. The Bertz CT molecular complexity index is 276. The van der Waals surface area contributed by atoms with E-state index < -0.39 is 6.36 Å². The van der Waals surface area contributed by atoms with Crippen molar-refractivity contribution < 1.29 is 17.9 Å². The van der Waals surface area contributed by atoms with E-state index in [0.717, 1.165) is 4.48 Å². The second kappa shape index (κ2) is 4.00. The standard InChI is InChI=1S/C8H6BrF3O/c9-6-2-1-3-7(5-4-6)13-8(10,11)12/h1,3-5H,2H2. The molecular formula is C8H6BrF3O. The number of ether oxygens (including phenoxy) is 1. The van der Waals surface area contributed by atoms with Crippen molar-refractivity contribution in [3.05, 3.63) is 34.5 Å². The van der Waals surface area contributed by atoms with Gasteiger partial charge in [0.2, 0.25) is 0 Å². The van der Waals surface area contributed by atoms with Crippen LogP contribution in [0.15, 0.2) is 34.5 Å². The SMILES string of the molecule is FC(F)(F)OC1=CC=C(Br)CC=C1. The summed E-state index contributed by atoms with van der Waals surface area (Å²) in [5, 5.41) is 0. The number of allylic oxidation sites excluding steroid dienone is 5. The second-order valence-corrected chi connectivity index (χ2v) is 3.36. The van der Waals surface area contributed by atoms with Gasteiger partial charge in [-0.25, -0.2) is 0 Å². The van der Waals surface area contributed by atoms with Crippen LogP contribution in [0.1, 0.15) is 6.42 Å². The van der Waals surface area contributed by atoms with Gasteiger partial charge in [0.05, 0.1) is 0 Å². The lowest BCUT2D eigenvalue weighted by molar-refractivity contribution is -0.303. The van der Waals surface area contributed by atoms with Crippen LogP contribution in [0.2, 0.25) is 0 Å². The van der Waals surface area contributed by atoms with Crippen molar-refractivity contribution in [3.63, 3.8) is 0 Å². The van der Waals surface area contributed by atoms with Crippen LogP contribution in [0.5, 0.6) is 0 Å². The van der Waals surface area contributed by atoms with E-state index in [1.165, 1.54) is 18.2 Å². The molecule has 0 aromatic carbocycles. The first-order valence-electron chi connectivity index (χ1n) is 3.46. The zero-order chi connectivity index (χ0) is 9.90. The summed E-state index contributed by atoms with van der Waals surface area (Å²) < 4.78 is 39.7. The fourth-order valence-corrected chi connectivity index (χ4v) is 1.10. The van der Waals surface area contributed by atoms with Crippen LogP contribution in [0, 0.1) is 0 Å². The summed E-state index contributed by atoms with van der Waals surface area (Å²) in [6, 6.07) is 0. The fourth-order valence-electron chi connectivity index (χ4n) is 0.785. The maximum absolute atomic E-state index is 11.7. The molecule has 0 atom stereocenters. The molecule has 0 aliphatic heterocycles. The minimum absolute atomic E-state index is 0.207. The van der Waals surface area contributed by atoms with Crippen molar-refractivity contribution in [2.75, 3.05) is 0 Å². The molecule has 0 saturated heterocycles. The first kappa shape index (κ1) is 10.4. The summed E-state index contributed by atoms with van der Waals surface area (Å²) in [6.07, 6.45) is 1.62. The second-order valence-electron chi connectivity index (χ2n) is 2.34. The number of alkyl halides is 3. The molecule has 0 spiro atoms. The molecule has 1 nitrogen and oxygen atoms in total. The molecule has 0 heterocycles. The molecule has 1 rings (SSSR count). The highest BCUT2D eigenvalue weighted by Crippen LogP contribution is 2.24. The Labute approximate surface area is 81.7 Å². The van der Waals surface area contributed by atoms with Crippen LogP contribution in [0.25, 0.3) is 0 Å². The van der Waals surface area contributed by atoms with Crippen molar-refractivity contribution in [3.8, 4) is 0 Å². The predicted octanol–water partition coefficient (Wildman–Crippen LogP) is 3.65. The van der Waals surface area contributed by atoms with E-state index in [9.17, 15) is 13.2 Å². The molecule has 0 bridgehead atoms. The summed E-state index contributed by atoms with van der Waals surface area (Å²) in [7, 11) is 0. The summed E-state index contributed by atoms with van der Waals surface area (Å²) in [4.78, 5) is 0. The predicted molar refractivity (Wildman–Crippen MR) is 46.0 cm³/mol. The molecular weight excluding hydrogens is 249 g/mol. The van der Waals surface area contributed by atoms with Gasteiger partial charge in [-0.05, 0) is 29.1 Å². The quantitative estimate of drug-likeness (QED) is 0.694. The lowest BCUT2D eigenvalue weighted by Crippen LogP contribution is -2.11. The molecule has 0 saturated carbocycles. The number of hydrogen-bond acceptors (Lipinski definition) is 1. The zero-order valence-corrected chi connectivity index (χ0v) is 8.02. The maximum atomic E-state index is 11.7. The molecule has 5 heteroatoms. The van der Waals surface area contributed by atoms with Crippen molar-refractivity contribution in [2.24, 2.45) is 0 Å². The third-order valence-corrected chi connectivity index (χ3v) is 1.85. The number of hydrogen-bond donors (Lipinski definition) is 0. The smallest absolute Gasteiger partial charge is 0.406 e. The van der Waals surface area contributed by atoms with Crippen LogP contribution in [-0.4, -0.2) is 6.36 Å². The van der Waals surface area contributed by atoms with Gasteiger partial charge in [-0.2, -0.15) is 0 Å². The first-order chi connectivity index (χ1) is 5.97. The van der Waals surface area contributed by atoms with E-state index in [2.05, 4.69) is 20.7 Å². The summed E-state index contributed by atoms with van der Waals surface area (Å²) in [6.45, 7) is 0. The molecule has 0 radical (unpaired) electrons. The van der Waals surface area contributed by atoms with Gasteiger partial charge in [0.1, 0.15) is 5.76 Å². The van der Waals surface area contributed by atoms with Gasteiger partial charge in [0.15, 0.2) is 0 Å². The van der Waals surface area contributed by atoms with E-state index in [1.54, 1.807) is 6.08 Å². The van der Waals surface area contributed by atoms with Gasteiger partial charge < -0.3 is 4.74 Å². The number of rotatable bonds is 1. The van der Waals surface area contributed by atoms with Crippen LogP contribution < -0.4 is 0 Å². The molecule has 0 unspecified atom stereocenters. The van der Waals surface area contributed by atoms with Gasteiger partial charge in [-0.3, -0.25) is 0 Å². The average molecular weight is 255 g/mol. The molecule has 72 valence electrons. The fraction of sp³-hybridized carbons (Fsp3) is 0.250. The van der Waals surface area contributed by atoms with Gasteiger partial charge in [-0.1, -0.05) is 22.0 Å². The highest BCUT2D eigenvalue weighted by Gasteiger charge is 2.31. The van der Waals surface area contributed by atoms with Crippen molar-refractivity contribution >= 4 is 15.9 Å². The largest absolute Gasteiger partial charge is 0.573 e. The minimum Gasteiger partial charge on any atom is -0.406 e. The Kier molecular flexibility index (Phi) is 3.19. The highest BCUT2D eigenvalue weighted by molar-refractivity contribution is 9.11. The van der Waals surface area contributed by atoms with Crippen molar-refractivity contribution in [2.45, 2.75) is 12.8 Å². The summed E-state index contributed by atoms with van der Waals surface area (Å²) in [5.41, 5.74) is 0. The highest BCUT2D eigenvalue weighted by atomic mass is 79.9. The summed E-state index contributed by atoms with van der Waals surface area (Å²) >= 11 is 3.17. The Morgan fingerprint density at radius 3 is 2.62 bits per heavy atom. The third-order valence-electron chi connectivity index (χ3n) is 1.26. The van der Waals surface area contributed by atoms with Crippen molar-refractivity contribution in [1.82, 2.24) is 0 Å². The molecule has 0 fully saturated rings. The van der Waals surface area contributed by atoms with Crippen LogP contribution >= 0.6 is 15.9 Å². The van der Waals surface area contributed by atoms with E-state index in [4.69, 9.17) is 0 Å². The topological polar surface area (TPSA) is 9.23 Å². The van der Waals surface area contributed by atoms with Gasteiger partial charge in [-0.15, -0.1) is 13.2 Å². The molecule has 0 N–H and O–H groups in total. The zero-order valence-electron chi connectivity index (χ0n) is 6.44. The van der Waals surface area contributed by atoms with E-state index in [0.29, 0.717) is 6.42 Å². The van der Waals surface area contributed by atoms with Gasteiger partial charge in [0, 0.05) is 0 Å². The minimum atomic E-state index is -4.62. The molecule has 1 aliphatic rings. The Hall–Kier alpha value is -0.710. The molecule has 0 amide bonds. The molecule has 13 heavy (non-hydrogen) atoms. The lowest BCUT2D eigenvalue weighted by atomic mass is 10.4. The Morgan fingerprint density at radius 2 is 2.00 bits per heavy atom. The average Bonchev–Trinajstić information content (AvgIpc) is 2.12. The van der Waals surface area contributed by atoms with Gasteiger partial charge in [0.25, 0.3) is 0 Å². The van der Waals surface area contributed by atoms with Crippen LogP contribution in [-0.2, 0) is 4.74 Å². The molecule has 0 aromatic heterocycles. The van der Waals surface area contributed by atoms with Crippen LogP contribution in [0.3, 0.4) is 0 Å². The number of halogens is 4. The third kappa shape index (κ3) is 4.17. The van der Waals surface area contributed by atoms with E-state index in [-0.39, 0.29) is 5.76 Å². The van der Waals surface area contributed by atoms with Crippen LogP contribution in [0.4, 0.5) is 13.2 Å². The normalized spacial score (nSPS) is 17.5. The molecule has 1 aliphatic carbocycles. The Morgan fingerprint density at radius 1 is 1.31 bits per heavy atom. The first-order valence-corrected chi connectivity index (χ1v) is 4.25. The Balaban J connectivity index is 2.70.